The van der Waals surface area contributed by atoms with E-state index in [4.69, 9.17) is 30.4 Å². The molecule has 0 aliphatic carbocycles. The molecule has 0 unspecified atom stereocenters. The van der Waals surface area contributed by atoms with Crippen molar-refractivity contribution < 1.29 is 18.9 Å². The molecule has 0 saturated heterocycles. The Morgan fingerprint density at radius 3 is 2.22 bits per heavy atom. The van der Waals surface area contributed by atoms with Crippen molar-refractivity contribution in [1.82, 2.24) is 0 Å². The van der Waals surface area contributed by atoms with Crippen molar-refractivity contribution in [3.63, 3.8) is 0 Å². The molecular formula is C17H22N2O4. The summed E-state index contributed by atoms with van der Waals surface area (Å²) in [6.07, 6.45) is 0. The van der Waals surface area contributed by atoms with Gasteiger partial charge in [0.2, 0.25) is 0 Å². The molecule has 0 radical (unpaired) electrons. The first-order valence-electron chi connectivity index (χ1n) is 7.31. The Bertz CT molecular complexity index is 602. The summed E-state index contributed by atoms with van der Waals surface area (Å²) in [6, 6.07) is 12.4. The molecule has 0 heterocycles. The van der Waals surface area contributed by atoms with Gasteiger partial charge in [0, 0.05) is 12.8 Å². The number of rotatable bonds is 9. The van der Waals surface area contributed by atoms with E-state index in [1.807, 2.05) is 24.3 Å². The lowest BCUT2D eigenvalue weighted by atomic mass is 10.2. The Balaban J connectivity index is 1.80. The van der Waals surface area contributed by atoms with Gasteiger partial charge in [0.1, 0.15) is 23.9 Å². The summed E-state index contributed by atoms with van der Waals surface area (Å²) in [6.45, 7) is 2.15. The minimum atomic E-state index is 0.481. The van der Waals surface area contributed by atoms with Crippen molar-refractivity contribution in [3.05, 3.63) is 42.5 Å². The SMILES string of the molecule is COCCOCCOc1ccc(Oc2ccc(N)cc2N)cc1. The van der Waals surface area contributed by atoms with E-state index in [9.17, 15) is 0 Å². The Hall–Kier alpha value is -2.44. The van der Waals surface area contributed by atoms with Crippen molar-refractivity contribution in [2.24, 2.45) is 0 Å². The standard InChI is InChI=1S/C17H22N2O4/c1-20-8-9-21-10-11-22-14-3-5-15(6-4-14)23-17-7-2-13(18)12-16(17)19/h2-7,12H,8-11,18-19H2,1H3. The van der Waals surface area contributed by atoms with Gasteiger partial charge in [0.15, 0.2) is 0 Å². The fraction of sp³-hybridized carbons (Fsp3) is 0.294. The Labute approximate surface area is 135 Å². The lowest BCUT2D eigenvalue weighted by molar-refractivity contribution is 0.0544. The van der Waals surface area contributed by atoms with Gasteiger partial charge >= 0.3 is 0 Å². The van der Waals surface area contributed by atoms with Crippen molar-refractivity contribution in [3.8, 4) is 17.2 Å². The molecule has 0 aliphatic rings. The van der Waals surface area contributed by atoms with Crippen LogP contribution in [0, 0.1) is 0 Å². The quantitative estimate of drug-likeness (QED) is 0.546. The number of anilines is 2. The fourth-order valence-electron chi connectivity index (χ4n) is 1.85. The van der Waals surface area contributed by atoms with Crippen LogP contribution in [0.2, 0.25) is 0 Å². The Morgan fingerprint density at radius 1 is 0.826 bits per heavy atom. The van der Waals surface area contributed by atoms with E-state index in [1.54, 1.807) is 25.3 Å². The molecule has 2 aromatic rings. The zero-order valence-corrected chi connectivity index (χ0v) is 13.2. The van der Waals surface area contributed by atoms with E-state index >= 15 is 0 Å². The lowest BCUT2D eigenvalue weighted by Gasteiger charge is -2.10. The highest BCUT2D eigenvalue weighted by Crippen LogP contribution is 2.29. The van der Waals surface area contributed by atoms with Crippen molar-refractivity contribution in [1.29, 1.82) is 0 Å². The van der Waals surface area contributed by atoms with Crippen molar-refractivity contribution >= 4 is 11.4 Å². The summed E-state index contributed by atoms with van der Waals surface area (Å²) in [5, 5.41) is 0. The van der Waals surface area contributed by atoms with Gasteiger partial charge in [-0.1, -0.05) is 0 Å². The summed E-state index contributed by atoms with van der Waals surface area (Å²) >= 11 is 0. The molecule has 0 spiro atoms. The normalized spacial score (nSPS) is 10.5. The summed E-state index contributed by atoms with van der Waals surface area (Å²) in [5.41, 5.74) is 12.6. The van der Waals surface area contributed by atoms with Crippen LogP contribution in [-0.2, 0) is 9.47 Å². The largest absolute Gasteiger partial charge is 0.491 e. The zero-order chi connectivity index (χ0) is 16.5. The van der Waals surface area contributed by atoms with Gasteiger partial charge in [0.05, 0.1) is 25.5 Å². The van der Waals surface area contributed by atoms with Crippen LogP contribution in [-0.4, -0.2) is 33.5 Å². The molecule has 6 heteroatoms. The van der Waals surface area contributed by atoms with Crippen LogP contribution < -0.4 is 20.9 Å². The van der Waals surface area contributed by atoms with E-state index in [0.29, 0.717) is 49.3 Å². The van der Waals surface area contributed by atoms with Gasteiger partial charge in [-0.15, -0.1) is 0 Å². The third kappa shape index (κ3) is 5.69. The van der Waals surface area contributed by atoms with E-state index in [1.165, 1.54) is 0 Å². The second-order valence-electron chi connectivity index (χ2n) is 4.82. The first-order valence-corrected chi connectivity index (χ1v) is 7.31. The molecule has 0 atom stereocenters. The minimum absolute atomic E-state index is 0.481. The predicted molar refractivity (Wildman–Crippen MR) is 90.0 cm³/mol. The molecular weight excluding hydrogens is 296 g/mol. The molecule has 0 aliphatic heterocycles. The van der Waals surface area contributed by atoms with Crippen LogP contribution in [0.5, 0.6) is 17.2 Å². The Morgan fingerprint density at radius 2 is 1.52 bits per heavy atom. The maximum Gasteiger partial charge on any atom is 0.150 e. The molecule has 2 rings (SSSR count). The van der Waals surface area contributed by atoms with Crippen molar-refractivity contribution in [2.45, 2.75) is 0 Å². The molecule has 124 valence electrons. The molecule has 0 aromatic heterocycles. The topological polar surface area (TPSA) is 89.0 Å². The van der Waals surface area contributed by atoms with Gasteiger partial charge in [-0.2, -0.15) is 0 Å². The van der Waals surface area contributed by atoms with Crippen LogP contribution in [0.3, 0.4) is 0 Å². The van der Waals surface area contributed by atoms with E-state index < -0.39 is 0 Å². The number of methoxy groups -OCH3 is 1. The molecule has 0 saturated carbocycles. The van der Waals surface area contributed by atoms with E-state index in [2.05, 4.69) is 0 Å². The first kappa shape index (κ1) is 16.9. The number of benzene rings is 2. The fourth-order valence-corrected chi connectivity index (χ4v) is 1.85. The molecule has 23 heavy (non-hydrogen) atoms. The first-order chi connectivity index (χ1) is 11.2. The van der Waals surface area contributed by atoms with Crippen LogP contribution in [0.15, 0.2) is 42.5 Å². The molecule has 6 nitrogen and oxygen atoms in total. The van der Waals surface area contributed by atoms with Crippen LogP contribution in [0.4, 0.5) is 11.4 Å². The van der Waals surface area contributed by atoms with Crippen molar-refractivity contribution in [2.75, 3.05) is 45.0 Å². The number of nitrogens with two attached hydrogens (primary N) is 2. The van der Waals surface area contributed by atoms with E-state index in [0.717, 1.165) is 5.75 Å². The third-order valence-electron chi connectivity index (χ3n) is 3.01. The van der Waals surface area contributed by atoms with Gasteiger partial charge in [-0.25, -0.2) is 0 Å². The second kappa shape index (κ2) is 8.87. The summed E-state index contributed by atoms with van der Waals surface area (Å²) in [5.74, 6) is 1.99. The van der Waals surface area contributed by atoms with Gasteiger partial charge in [-0.05, 0) is 42.5 Å². The highest BCUT2D eigenvalue weighted by molar-refractivity contribution is 5.61. The summed E-state index contributed by atoms with van der Waals surface area (Å²) in [4.78, 5) is 0. The molecule has 0 bridgehead atoms. The molecule has 0 fully saturated rings. The number of hydrogen-bond donors (Lipinski definition) is 2. The van der Waals surface area contributed by atoms with E-state index in [-0.39, 0.29) is 0 Å². The average Bonchev–Trinajstić information content (AvgIpc) is 2.55. The number of ether oxygens (including phenoxy) is 4. The predicted octanol–water partition coefficient (Wildman–Crippen LogP) is 2.69. The van der Waals surface area contributed by atoms with Gasteiger partial charge in [0.25, 0.3) is 0 Å². The molecule has 0 amide bonds. The highest BCUT2D eigenvalue weighted by Gasteiger charge is 2.03. The number of hydrogen-bond acceptors (Lipinski definition) is 6. The molecule has 2 aromatic carbocycles. The third-order valence-corrected chi connectivity index (χ3v) is 3.01. The molecule has 4 N–H and O–H groups in total. The summed E-state index contributed by atoms with van der Waals surface area (Å²) in [7, 11) is 1.64. The zero-order valence-electron chi connectivity index (χ0n) is 13.2. The highest BCUT2D eigenvalue weighted by atomic mass is 16.5. The minimum Gasteiger partial charge on any atom is -0.491 e. The van der Waals surface area contributed by atoms with Gasteiger partial charge < -0.3 is 30.4 Å². The Kier molecular flexibility index (Phi) is 6.53. The second-order valence-corrected chi connectivity index (χ2v) is 4.82. The maximum absolute atomic E-state index is 5.86. The summed E-state index contributed by atoms with van der Waals surface area (Å²) < 4.78 is 21.5. The van der Waals surface area contributed by atoms with Crippen LogP contribution >= 0.6 is 0 Å². The van der Waals surface area contributed by atoms with Crippen LogP contribution in [0.25, 0.3) is 0 Å². The lowest BCUT2D eigenvalue weighted by Crippen LogP contribution is -2.09. The van der Waals surface area contributed by atoms with Crippen LogP contribution in [0.1, 0.15) is 0 Å². The smallest absolute Gasteiger partial charge is 0.150 e. The number of nitrogen functional groups attached to an aromatic ring is 2. The van der Waals surface area contributed by atoms with Gasteiger partial charge in [-0.3, -0.25) is 0 Å². The maximum atomic E-state index is 5.86. The average molecular weight is 318 g/mol. The monoisotopic (exact) mass is 318 g/mol.